The summed E-state index contributed by atoms with van der Waals surface area (Å²) in [5.41, 5.74) is 1.05. The predicted molar refractivity (Wildman–Crippen MR) is 122 cm³/mol. The Labute approximate surface area is 194 Å². The van der Waals surface area contributed by atoms with Crippen molar-refractivity contribution in [1.29, 1.82) is 0 Å². The van der Waals surface area contributed by atoms with E-state index in [1.54, 1.807) is 66.2 Å². The van der Waals surface area contributed by atoms with Crippen LogP contribution in [0.3, 0.4) is 0 Å². The summed E-state index contributed by atoms with van der Waals surface area (Å²) < 4.78 is 6.33. The van der Waals surface area contributed by atoms with Crippen molar-refractivity contribution in [2.24, 2.45) is 7.05 Å². The number of aliphatic hydroxyl groups is 1. The number of aliphatic hydroxyl groups excluding tert-OH is 1. The number of esters is 1. The fourth-order valence-electron chi connectivity index (χ4n) is 2.97. The molecule has 0 saturated heterocycles. The third kappa shape index (κ3) is 5.96. The Morgan fingerprint density at radius 3 is 2.48 bits per heavy atom. The van der Waals surface area contributed by atoms with Gasteiger partial charge in [-0.15, -0.1) is 10.2 Å². The molecule has 1 heterocycles. The van der Waals surface area contributed by atoms with Crippen LogP contribution in [0.1, 0.15) is 32.6 Å². The van der Waals surface area contributed by atoms with Crippen molar-refractivity contribution in [3.05, 3.63) is 71.5 Å². The molecule has 10 nitrogen and oxygen atoms in total. The molecule has 0 aliphatic carbocycles. The van der Waals surface area contributed by atoms with Crippen LogP contribution in [0.4, 0.5) is 5.69 Å². The van der Waals surface area contributed by atoms with Crippen LogP contribution < -0.4 is 10.6 Å². The maximum Gasteiger partial charge on any atom is 0.339 e. The molecule has 0 aliphatic heterocycles. The molecule has 1 atom stereocenters. The molecule has 0 saturated carbocycles. The molecule has 0 radical (unpaired) electrons. The molecule has 1 aromatic heterocycles. The van der Waals surface area contributed by atoms with Crippen molar-refractivity contribution in [1.82, 2.24) is 20.1 Å². The van der Waals surface area contributed by atoms with E-state index in [0.29, 0.717) is 22.2 Å². The van der Waals surface area contributed by atoms with Gasteiger partial charge in [0.15, 0.2) is 11.0 Å². The maximum atomic E-state index is 12.4. The van der Waals surface area contributed by atoms with Gasteiger partial charge in [-0.05, 0) is 24.3 Å². The number of methoxy groups -OCH3 is 1. The number of rotatable bonds is 9. The lowest BCUT2D eigenvalue weighted by Gasteiger charge is -2.16. The second-order valence-corrected chi connectivity index (χ2v) is 7.79. The largest absolute Gasteiger partial charge is 0.465 e. The summed E-state index contributed by atoms with van der Waals surface area (Å²) in [5, 5.41) is 23.7. The first-order valence-electron chi connectivity index (χ1n) is 9.90. The number of benzene rings is 2. The van der Waals surface area contributed by atoms with Crippen LogP contribution >= 0.6 is 11.8 Å². The van der Waals surface area contributed by atoms with Crippen LogP contribution in [-0.4, -0.2) is 57.1 Å². The van der Waals surface area contributed by atoms with Crippen LogP contribution in [0.25, 0.3) is 0 Å². The van der Waals surface area contributed by atoms with Crippen LogP contribution in [0.5, 0.6) is 0 Å². The predicted octanol–water partition coefficient (Wildman–Crippen LogP) is 1.80. The van der Waals surface area contributed by atoms with Gasteiger partial charge in [0.2, 0.25) is 5.91 Å². The smallest absolute Gasteiger partial charge is 0.339 e. The van der Waals surface area contributed by atoms with Gasteiger partial charge in [0.25, 0.3) is 5.91 Å². The third-order valence-corrected chi connectivity index (χ3v) is 5.66. The highest BCUT2D eigenvalue weighted by molar-refractivity contribution is 7.99. The highest BCUT2D eigenvalue weighted by Gasteiger charge is 2.22. The van der Waals surface area contributed by atoms with E-state index >= 15 is 0 Å². The summed E-state index contributed by atoms with van der Waals surface area (Å²) in [6.45, 7) is -0.375. The van der Waals surface area contributed by atoms with Crippen molar-refractivity contribution in [2.45, 2.75) is 11.2 Å². The van der Waals surface area contributed by atoms with E-state index in [9.17, 15) is 19.5 Å². The van der Waals surface area contributed by atoms with Gasteiger partial charge in [-0.1, -0.05) is 42.1 Å². The summed E-state index contributed by atoms with van der Waals surface area (Å²) in [6.07, 6.45) is 0. The molecule has 0 spiro atoms. The van der Waals surface area contributed by atoms with Crippen LogP contribution in [0.15, 0.2) is 59.8 Å². The minimum absolute atomic E-state index is 0.00163. The maximum absolute atomic E-state index is 12.4. The second kappa shape index (κ2) is 11.2. The van der Waals surface area contributed by atoms with Gasteiger partial charge in [-0.2, -0.15) is 0 Å². The number of thioether (sulfide) groups is 1. The molecular formula is C22H23N5O5S. The Bertz CT molecular complexity index is 1140. The summed E-state index contributed by atoms with van der Waals surface area (Å²) in [5.74, 6) is -0.904. The van der Waals surface area contributed by atoms with Gasteiger partial charge in [-0.25, -0.2) is 4.79 Å². The van der Waals surface area contributed by atoms with Crippen molar-refractivity contribution in [2.75, 3.05) is 24.8 Å². The molecule has 2 aromatic carbocycles. The number of carbonyl (C=O) groups excluding carboxylic acids is 3. The number of nitrogens with zero attached hydrogens (tertiary/aromatic N) is 3. The number of ether oxygens (including phenoxy) is 1. The van der Waals surface area contributed by atoms with Crippen LogP contribution in [0.2, 0.25) is 0 Å². The standard InChI is InChI=1S/C22H23N5O5S/c1-27-19(17(12-28)24-20(30)14-8-4-3-5-9-14)25-26-22(27)33-13-18(29)23-16-11-7-6-10-15(16)21(31)32-2/h3-11,17,28H,12-13H2,1-2H3,(H,23,29)(H,24,30)/t17-/m0/s1. The Morgan fingerprint density at radius 2 is 1.79 bits per heavy atom. The number of hydrogen-bond donors (Lipinski definition) is 3. The van der Waals surface area contributed by atoms with E-state index in [0.717, 1.165) is 11.8 Å². The molecular weight excluding hydrogens is 446 g/mol. The highest BCUT2D eigenvalue weighted by Crippen LogP contribution is 2.21. The van der Waals surface area contributed by atoms with E-state index in [-0.39, 0.29) is 29.7 Å². The Hall–Kier alpha value is -3.70. The monoisotopic (exact) mass is 469 g/mol. The minimum atomic E-state index is -0.773. The van der Waals surface area contributed by atoms with E-state index < -0.39 is 12.0 Å². The molecule has 2 amide bonds. The molecule has 0 aliphatic rings. The average molecular weight is 470 g/mol. The molecule has 3 N–H and O–H groups in total. The van der Waals surface area contributed by atoms with E-state index in [1.807, 2.05) is 0 Å². The van der Waals surface area contributed by atoms with Crippen LogP contribution in [-0.2, 0) is 16.6 Å². The number of nitrogens with one attached hydrogen (secondary N) is 2. The van der Waals surface area contributed by atoms with Crippen molar-refractivity contribution >= 4 is 35.2 Å². The van der Waals surface area contributed by atoms with E-state index in [1.165, 1.54) is 7.11 Å². The Balaban J connectivity index is 1.63. The highest BCUT2D eigenvalue weighted by atomic mass is 32.2. The summed E-state index contributed by atoms with van der Waals surface area (Å²) >= 11 is 1.13. The van der Waals surface area contributed by atoms with Gasteiger partial charge >= 0.3 is 5.97 Å². The van der Waals surface area contributed by atoms with Crippen LogP contribution in [0, 0.1) is 0 Å². The molecule has 33 heavy (non-hydrogen) atoms. The van der Waals surface area contributed by atoms with Gasteiger partial charge in [0, 0.05) is 12.6 Å². The lowest BCUT2D eigenvalue weighted by molar-refractivity contribution is -0.113. The third-order valence-electron chi connectivity index (χ3n) is 4.64. The quantitative estimate of drug-likeness (QED) is 0.319. The summed E-state index contributed by atoms with van der Waals surface area (Å²) in [4.78, 5) is 36.7. The first kappa shape index (κ1) is 24.0. The molecule has 0 bridgehead atoms. The molecule has 0 fully saturated rings. The van der Waals surface area contributed by atoms with E-state index in [4.69, 9.17) is 4.74 Å². The lowest BCUT2D eigenvalue weighted by atomic mass is 10.2. The summed E-state index contributed by atoms with van der Waals surface area (Å²) in [6, 6.07) is 14.4. The molecule has 172 valence electrons. The van der Waals surface area contributed by atoms with Crippen molar-refractivity contribution in [3.8, 4) is 0 Å². The second-order valence-electron chi connectivity index (χ2n) is 6.85. The number of aromatic nitrogens is 3. The Kier molecular flexibility index (Phi) is 8.17. The zero-order valence-corrected chi connectivity index (χ0v) is 18.8. The zero-order chi connectivity index (χ0) is 23.8. The summed E-state index contributed by atoms with van der Waals surface area (Å²) in [7, 11) is 2.95. The molecule has 0 unspecified atom stereocenters. The SMILES string of the molecule is COC(=O)c1ccccc1NC(=O)CSc1nnc([C@H](CO)NC(=O)c2ccccc2)n1C. The fourth-order valence-corrected chi connectivity index (χ4v) is 3.69. The average Bonchev–Trinajstić information content (AvgIpc) is 3.21. The Morgan fingerprint density at radius 1 is 1.09 bits per heavy atom. The van der Waals surface area contributed by atoms with Gasteiger partial charge in [-0.3, -0.25) is 9.59 Å². The zero-order valence-electron chi connectivity index (χ0n) is 18.0. The number of carbonyl (C=O) groups is 3. The van der Waals surface area contributed by atoms with Crippen molar-refractivity contribution in [3.63, 3.8) is 0 Å². The first-order chi connectivity index (χ1) is 15.9. The number of para-hydroxylation sites is 1. The minimum Gasteiger partial charge on any atom is -0.465 e. The number of anilines is 1. The van der Waals surface area contributed by atoms with Gasteiger partial charge < -0.3 is 25.0 Å². The normalized spacial score (nSPS) is 11.5. The van der Waals surface area contributed by atoms with Crippen molar-refractivity contribution < 1.29 is 24.2 Å². The molecule has 3 rings (SSSR count). The molecule has 11 heteroatoms. The van der Waals surface area contributed by atoms with Gasteiger partial charge in [0.05, 0.1) is 30.7 Å². The van der Waals surface area contributed by atoms with E-state index in [2.05, 4.69) is 20.8 Å². The number of hydrogen-bond acceptors (Lipinski definition) is 8. The van der Waals surface area contributed by atoms with Gasteiger partial charge in [0.1, 0.15) is 6.04 Å². The lowest BCUT2D eigenvalue weighted by Crippen LogP contribution is -2.32. The number of amides is 2. The first-order valence-corrected chi connectivity index (χ1v) is 10.9. The fraction of sp³-hybridized carbons (Fsp3) is 0.227. The topological polar surface area (TPSA) is 135 Å². The molecule has 3 aromatic rings.